The van der Waals surface area contributed by atoms with Gasteiger partial charge in [0, 0.05) is 21.5 Å². The summed E-state index contributed by atoms with van der Waals surface area (Å²) < 4.78 is 5.50. The Morgan fingerprint density at radius 2 is 1.85 bits per heavy atom. The van der Waals surface area contributed by atoms with Gasteiger partial charge in [-0.2, -0.15) is 0 Å². The van der Waals surface area contributed by atoms with E-state index in [1.807, 2.05) is 37.3 Å². The Bertz CT molecular complexity index is 1130. The molecular weight excluding hydrogens is 378 g/mol. The van der Waals surface area contributed by atoms with E-state index in [9.17, 15) is 0 Å². The van der Waals surface area contributed by atoms with Gasteiger partial charge in [-0.1, -0.05) is 41.9 Å². The second kappa shape index (κ2) is 7.18. The number of thiophene rings is 1. The van der Waals surface area contributed by atoms with Gasteiger partial charge in [0.25, 0.3) is 0 Å². The number of nitrogens with zero attached hydrogens (tertiary/aromatic N) is 2. The molecule has 27 heavy (non-hydrogen) atoms. The molecule has 0 aliphatic carbocycles. The maximum absolute atomic E-state index is 6.24. The lowest BCUT2D eigenvalue weighted by atomic mass is 10.0. The fourth-order valence-corrected chi connectivity index (χ4v) is 4.32. The van der Waals surface area contributed by atoms with Gasteiger partial charge in [0.05, 0.1) is 18.2 Å². The van der Waals surface area contributed by atoms with Gasteiger partial charge in [-0.25, -0.2) is 9.97 Å². The van der Waals surface area contributed by atoms with Gasteiger partial charge in [-0.15, -0.1) is 11.3 Å². The number of aryl methyl sites for hydroxylation is 2. The summed E-state index contributed by atoms with van der Waals surface area (Å²) in [4.78, 5) is 11.2. The zero-order valence-electron chi connectivity index (χ0n) is 15.2. The summed E-state index contributed by atoms with van der Waals surface area (Å²) in [6.45, 7) is 4.08. The summed E-state index contributed by atoms with van der Waals surface area (Å²) in [5.41, 5.74) is 4.10. The van der Waals surface area contributed by atoms with E-state index in [-0.39, 0.29) is 0 Å². The molecule has 2 aromatic carbocycles. The number of methoxy groups -OCH3 is 1. The van der Waals surface area contributed by atoms with Crippen LogP contribution in [0.5, 0.6) is 5.75 Å². The zero-order valence-corrected chi connectivity index (χ0v) is 16.8. The van der Waals surface area contributed by atoms with Crippen molar-refractivity contribution in [1.82, 2.24) is 9.97 Å². The number of fused-ring (bicyclic) bond motifs is 1. The Morgan fingerprint density at radius 3 is 2.59 bits per heavy atom. The number of halogens is 1. The van der Waals surface area contributed by atoms with E-state index in [0.29, 0.717) is 10.8 Å². The third-order valence-electron chi connectivity index (χ3n) is 4.46. The van der Waals surface area contributed by atoms with E-state index >= 15 is 0 Å². The van der Waals surface area contributed by atoms with Crippen LogP contribution in [0.2, 0.25) is 5.02 Å². The predicted octanol–water partition coefficient (Wildman–Crippen LogP) is 6.38. The Hall–Kier alpha value is -2.63. The molecule has 0 spiro atoms. The van der Waals surface area contributed by atoms with Crippen LogP contribution in [0.15, 0.2) is 48.8 Å². The fourth-order valence-electron chi connectivity index (χ4n) is 3.15. The van der Waals surface area contributed by atoms with Crippen LogP contribution in [0.4, 0.5) is 11.5 Å². The van der Waals surface area contributed by atoms with Crippen molar-refractivity contribution in [2.45, 2.75) is 13.8 Å². The molecule has 0 atom stereocenters. The Morgan fingerprint density at radius 1 is 1.07 bits per heavy atom. The molecule has 0 fully saturated rings. The van der Waals surface area contributed by atoms with Gasteiger partial charge in [-0.3, -0.25) is 0 Å². The molecule has 4 aromatic rings. The number of rotatable bonds is 4. The summed E-state index contributed by atoms with van der Waals surface area (Å²) in [5.74, 6) is 1.42. The topological polar surface area (TPSA) is 47.0 Å². The highest BCUT2D eigenvalue weighted by Crippen LogP contribution is 2.42. The van der Waals surface area contributed by atoms with Crippen LogP contribution in [-0.2, 0) is 0 Å². The Kier molecular flexibility index (Phi) is 4.72. The van der Waals surface area contributed by atoms with Crippen molar-refractivity contribution in [2.75, 3.05) is 12.4 Å². The number of hydrogen-bond donors (Lipinski definition) is 1. The minimum Gasteiger partial charge on any atom is -0.495 e. The monoisotopic (exact) mass is 395 g/mol. The molecule has 1 N–H and O–H groups in total. The summed E-state index contributed by atoms with van der Waals surface area (Å²) in [5, 5.41) is 5.11. The maximum atomic E-state index is 6.24. The quantitative estimate of drug-likeness (QED) is 0.435. The van der Waals surface area contributed by atoms with Gasteiger partial charge >= 0.3 is 0 Å². The van der Waals surface area contributed by atoms with Gasteiger partial charge in [0.2, 0.25) is 0 Å². The summed E-state index contributed by atoms with van der Waals surface area (Å²) in [6.07, 6.45) is 1.59. The first kappa shape index (κ1) is 17.8. The van der Waals surface area contributed by atoms with Gasteiger partial charge in [0.15, 0.2) is 0 Å². The van der Waals surface area contributed by atoms with Crippen LogP contribution in [0.25, 0.3) is 21.3 Å². The lowest BCUT2D eigenvalue weighted by molar-refractivity contribution is 0.416. The van der Waals surface area contributed by atoms with E-state index < -0.39 is 0 Å². The van der Waals surface area contributed by atoms with Crippen molar-refractivity contribution in [3.63, 3.8) is 0 Å². The molecule has 0 amide bonds. The smallest absolute Gasteiger partial charge is 0.143 e. The summed E-state index contributed by atoms with van der Waals surface area (Å²) >= 11 is 7.91. The molecule has 0 radical (unpaired) electrons. The standard InChI is InChI=1S/C21H18ClN3OS/c1-12-9-16(17(26-3)10-15(12)22)25-20-19-18(14-7-5-4-6-8-14)13(2)27-21(19)24-11-23-20/h4-11H,1-3H3,(H,23,24,25). The minimum atomic E-state index is 0.668. The van der Waals surface area contributed by atoms with Crippen molar-refractivity contribution in [2.24, 2.45) is 0 Å². The molecule has 2 heterocycles. The molecule has 0 unspecified atom stereocenters. The highest BCUT2D eigenvalue weighted by molar-refractivity contribution is 7.19. The van der Waals surface area contributed by atoms with Crippen molar-refractivity contribution in [1.29, 1.82) is 0 Å². The Labute approximate surface area is 166 Å². The van der Waals surface area contributed by atoms with Crippen LogP contribution < -0.4 is 10.1 Å². The van der Waals surface area contributed by atoms with Gasteiger partial charge in [0.1, 0.15) is 22.7 Å². The Balaban J connectivity index is 1.90. The lowest BCUT2D eigenvalue weighted by Crippen LogP contribution is -1.99. The number of benzene rings is 2. The van der Waals surface area contributed by atoms with Crippen molar-refractivity contribution in [3.05, 3.63) is 64.3 Å². The average Bonchev–Trinajstić information content (AvgIpc) is 3.02. The van der Waals surface area contributed by atoms with Crippen LogP contribution in [0.3, 0.4) is 0 Å². The van der Waals surface area contributed by atoms with E-state index in [0.717, 1.165) is 38.4 Å². The molecule has 4 rings (SSSR count). The van der Waals surface area contributed by atoms with E-state index in [1.165, 1.54) is 4.88 Å². The van der Waals surface area contributed by atoms with E-state index in [2.05, 4.69) is 34.3 Å². The van der Waals surface area contributed by atoms with E-state index in [4.69, 9.17) is 16.3 Å². The molecule has 0 bridgehead atoms. The van der Waals surface area contributed by atoms with Crippen LogP contribution in [0, 0.1) is 13.8 Å². The number of hydrogen-bond acceptors (Lipinski definition) is 5. The summed E-state index contributed by atoms with van der Waals surface area (Å²) in [7, 11) is 1.63. The second-order valence-corrected chi connectivity index (χ2v) is 7.84. The molecule has 6 heteroatoms. The maximum Gasteiger partial charge on any atom is 0.143 e. The fraction of sp³-hybridized carbons (Fsp3) is 0.143. The molecule has 0 saturated carbocycles. The number of aromatic nitrogens is 2. The molecular formula is C21H18ClN3OS. The van der Waals surface area contributed by atoms with Crippen LogP contribution in [-0.4, -0.2) is 17.1 Å². The lowest BCUT2D eigenvalue weighted by Gasteiger charge is -2.14. The molecule has 4 nitrogen and oxygen atoms in total. The normalized spacial score (nSPS) is 11.0. The SMILES string of the molecule is COc1cc(Cl)c(C)cc1Nc1ncnc2sc(C)c(-c3ccccc3)c12. The molecule has 2 aromatic heterocycles. The summed E-state index contributed by atoms with van der Waals surface area (Å²) in [6, 6.07) is 14.1. The zero-order chi connectivity index (χ0) is 19.0. The van der Waals surface area contributed by atoms with Crippen molar-refractivity contribution >= 4 is 44.7 Å². The second-order valence-electron chi connectivity index (χ2n) is 6.23. The third kappa shape index (κ3) is 3.24. The number of nitrogens with one attached hydrogen (secondary N) is 1. The predicted molar refractivity (Wildman–Crippen MR) is 114 cm³/mol. The molecule has 136 valence electrons. The first-order valence-electron chi connectivity index (χ1n) is 8.49. The molecule has 0 saturated heterocycles. The largest absolute Gasteiger partial charge is 0.495 e. The third-order valence-corrected chi connectivity index (χ3v) is 5.88. The highest BCUT2D eigenvalue weighted by atomic mass is 35.5. The van der Waals surface area contributed by atoms with Crippen molar-refractivity contribution < 1.29 is 4.74 Å². The van der Waals surface area contributed by atoms with E-state index in [1.54, 1.807) is 24.8 Å². The number of anilines is 2. The minimum absolute atomic E-state index is 0.668. The first-order chi connectivity index (χ1) is 13.1. The van der Waals surface area contributed by atoms with Crippen LogP contribution in [0.1, 0.15) is 10.4 Å². The molecule has 0 aliphatic heterocycles. The number of ether oxygens (including phenoxy) is 1. The first-order valence-corrected chi connectivity index (χ1v) is 9.68. The average molecular weight is 396 g/mol. The highest BCUT2D eigenvalue weighted by Gasteiger charge is 2.18. The van der Waals surface area contributed by atoms with Gasteiger partial charge in [-0.05, 0) is 31.0 Å². The molecule has 0 aliphatic rings. The van der Waals surface area contributed by atoms with Crippen molar-refractivity contribution in [3.8, 4) is 16.9 Å². The van der Waals surface area contributed by atoms with Crippen LogP contribution >= 0.6 is 22.9 Å². The van der Waals surface area contributed by atoms with Gasteiger partial charge < -0.3 is 10.1 Å².